The molecule has 9 nitrogen and oxygen atoms in total. The number of amides is 2. The lowest BCUT2D eigenvalue weighted by molar-refractivity contribution is -0.129. The van der Waals surface area contributed by atoms with Gasteiger partial charge < -0.3 is 10.2 Å². The Kier molecular flexibility index (Phi) is 6.97. The molecule has 1 aliphatic rings. The van der Waals surface area contributed by atoms with Crippen LogP contribution in [0.15, 0.2) is 43.2 Å². The summed E-state index contributed by atoms with van der Waals surface area (Å²) in [5.41, 5.74) is 1.90. The van der Waals surface area contributed by atoms with Crippen LogP contribution in [0.25, 0.3) is 11.3 Å². The van der Waals surface area contributed by atoms with Crippen molar-refractivity contribution in [3.8, 4) is 11.3 Å². The summed E-state index contributed by atoms with van der Waals surface area (Å²) < 4.78 is 26.6. The number of nitrogens with one attached hydrogen (secondary N) is 1. The SMILES string of the molecule is C=CC(=O)N1C[C@@H](C)N(S(C)(=O)=O)[C@H](c2cc(Cl)nc(-c3cncc(C(=O)NC)c3)c2)C1. The number of nitrogens with zero attached hydrogens (tertiary/aromatic N) is 4. The first kappa shape index (κ1) is 23.8. The smallest absolute Gasteiger partial charge is 0.252 e. The van der Waals surface area contributed by atoms with Crippen LogP contribution < -0.4 is 5.32 Å². The Morgan fingerprint density at radius 3 is 2.59 bits per heavy atom. The van der Waals surface area contributed by atoms with Gasteiger partial charge in [0.15, 0.2) is 0 Å². The first-order valence-corrected chi connectivity index (χ1v) is 12.0. The molecule has 0 saturated carbocycles. The molecular formula is C21H24ClN5O4S. The number of piperazine rings is 1. The van der Waals surface area contributed by atoms with Gasteiger partial charge in [0.05, 0.1) is 23.6 Å². The zero-order valence-electron chi connectivity index (χ0n) is 17.9. The fourth-order valence-corrected chi connectivity index (χ4v) is 5.48. The molecule has 1 fully saturated rings. The minimum atomic E-state index is -3.60. The number of hydrogen-bond donors (Lipinski definition) is 1. The fourth-order valence-electron chi connectivity index (χ4n) is 3.90. The number of aromatic nitrogens is 2. The third-order valence-corrected chi connectivity index (χ3v) is 6.79. The Labute approximate surface area is 192 Å². The van der Waals surface area contributed by atoms with E-state index in [0.717, 1.165) is 6.26 Å². The summed E-state index contributed by atoms with van der Waals surface area (Å²) in [4.78, 5) is 34.3. The topological polar surface area (TPSA) is 113 Å². The summed E-state index contributed by atoms with van der Waals surface area (Å²) in [6, 6.07) is 3.78. The van der Waals surface area contributed by atoms with E-state index < -0.39 is 22.1 Å². The number of rotatable bonds is 5. The van der Waals surface area contributed by atoms with Crippen molar-refractivity contribution in [2.45, 2.75) is 19.0 Å². The van der Waals surface area contributed by atoms with Gasteiger partial charge in [-0.1, -0.05) is 18.2 Å². The van der Waals surface area contributed by atoms with Gasteiger partial charge in [-0.2, -0.15) is 4.31 Å². The summed E-state index contributed by atoms with van der Waals surface area (Å²) in [7, 11) is -2.08. The van der Waals surface area contributed by atoms with Crippen molar-refractivity contribution in [1.29, 1.82) is 0 Å². The molecule has 2 atom stereocenters. The number of pyridine rings is 2. The van der Waals surface area contributed by atoms with Crippen LogP contribution in [-0.4, -0.2) is 71.8 Å². The number of carbonyl (C=O) groups is 2. The van der Waals surface area contributed by atoms with E-state index in [-0.39, 0.29) is 30.1 Å². The van der Waals surface area contributed by atoms with Crippen LogP contribution in [0.2, 0.25) is 5.15 Å². The minimum absolute atomic E-state index is 0.137. The van der Waals surface area contributed by atoms with Crippen LogP contribution in [0.5, 0.6) is 0 Å². The molecule has 1 saturated heterocycles. The van der Waals surface area contributed by atoms with E-state index in [0.29, 0.717) is 22.4 Å². The standard InChI is InChI=1S/C21H24ClN5O4S/c1-5-20(28)26-11-13(2)27(32(4,30)31)18(12-26)14-7-17(25-19(22)8-14)15-6-16(10-24-9-15)21(29)23-3/h5-10,13,18H,1,11-12H2,2-4H3,(H,23,29)/t13-,18+/m1/s1. The molecule has 1 N–H and O–H groups in total. The van der Waals surface area contributed by atoms with E-state index in [1.165, 1.54) is 23.6 Å². The molecule has 0 aliphatic carbocycles. The number of sulfonamides is 1. The van der Waals surface area contributed by atoms with Gasteiger partial charge in [0.25, 0.3) is 5.91 Å². The maximum Gasteiger partial charge on any atom is 0.252 e. The normalized spacial score (nSPS) is 19.4. The van der Waals surface area contributed by atoms with Crippen LogP contribution >= 0.6 is 11.6 Å². The van der Waals surface area contributed by atoms with Gasteiger partial charge >= 0.3 is 0 Å². The Hall–Kier alpha value is -2.82. The monoisotopic (exact) mass is 477 g/mol. The van der Waals surface area contributed by atoms with Crippen LogP contribution in [0.1, 0.15) is 28.9 Å². The van der Waals surface area contributed by atoms with Crippen molar-refractivity contribution in [3.63, 3.8) is 0 Å². The lowest BCUT2D eigenvalue weighted by atomic mass is 10.0. The lowest BCUT2D eigenvalue weighted by Crippen LogP contribution is -2.56. The predicted octanol–water partition coefficient (Wildman–Crippen LogP) is 1.88. The first-order chi connectivity index (χ1) is 15.0. The molecule has 0 radical (unpaired) electrons. The van der Waals surface area contributed by atoms with E-state index in [1.807, 2.05) is 0 Å². The third-order valence-electron chi connectivity index (χ3n) is 5.21. The molecule has 0 bridgehead atoms. The molecule has 3 rings (SSSR count). The van der Waals surface area contributed by atoms with Crippen molar-refractivity contribution < 1.29 is 18.0 Å². The van der Waals surface area contributed by atoms with Gasteiger partial charge in [0, 0.05) is 44.1 Å². The molecule has 0 aromatic carbocycles. The predicted molar refractivity (Wildman–Crippen MR) is 122 cm³/mol. The van der Waals surface area contributed by atoms with Crippen LogP contribution in [0.3, 0.4) is 0 Å². The Morgan fingerprint density at radius 2 is 1.97 bits per heavy atom. The molecule has 0 unspecified atom stereocenters. The van der Waals surface area contributed by atoms with Crippen molar-refractivity contribution in [2.75, 3.05) is 26.4 Å². The van der Waals surface area contributed by atoms with Gasteiger partial charge in [-0.3, -0.25) is 14.6 Å². The van der Waals surface area contributed by atoms with E-state index in [2.05, 4.69) is 21.9 Å². The number of halogens is 1. The van der Waals surface area contributed by atoms with Crippen LogP contribution in [-0.2, 0) is 14.8 Å². The summed E-state index contributed by atoms with van der Waals surface area (Å²) in [6.07, 6.45) is 5.32. The Balaban J connectivity index is 2.10. The molecule has 3 heterocycles. The van der Waals surface area contributed by atoms with Crippen molar-refractivity contribution in [3.05, 3.63) is 59.5 Å². The average Bonchev–Trinajstić information content (AvgIpc) is 2.76. The second-order valence-corrected chi connectivity index (χ2v) is 9.83. The highest BCUT2D eigenvalue weighted by Gasteiger charge is 2.40. The highest BCUT2D eigenvalue weighted by molar-refractivity contribution is 7.88. The van der Waals surface area contributed by atoms with E-state index >= 15 is 0 Å². The van der Waals surface area contributed by atoms with Gasteiger partial charge in [0.1, 0.15) is 5.15 Å². The third kappa shape index (κ3) is 4.98. The summed E-state index contributed by atoms with van der Waals surface area (Å²) in [5.74, 6) is -0.581. The number of hydrogen-bond acceptors (Lipinski definition) is 6. The highest BCUT2D eigenvalue weighted by Crippen LogP contribution is 2.34. The van der Waals surface area contributed by atoms with Gasteiger partial charge in [-0.15, -0.1) is 0 Å². The molecule has 170 valence electrons. The zero-order valence-corrected chi connectivity index (χ0v) is 19.5. The first-order valence-electron chi connectivity index (χ1n) is 9.80. The molecule has 2 aromatic heterocycles. The maximum atomic E-state index is 12.6. The zero-order chi connectivity index (χ0) is 23.6. The van der Waals surface area contributed by atoms with Gasteiger partial charge in [-0.05, 0) is 36.8 Å². The largest absolute Gasteiger partial charge is 0.355 e. The Morgan fingerprint density at radius 1 is 1.25 bits per heavy atom. The van der Waals surface area contributed by atoms with Gasteiger partial charge in [-0.25, -0.2) is 13.4 Å². The summed E-state index contributed by atoms with van der Waals surface area (Å²) >= 11 is 6.30. The second-order valence-electron chi connectivity index (χ2n) is 7.55. The van der Waals surface area contributed by atoms with E-state index in [4.69, 9.17) is 11.6 Å². The molecule has 2 amide bonds. The minimum Gasteiger partial charge on any atom is -0.355 e. The molecule has 32 heavy (non-hydrogen) atoms. The van der Waals surface area contributed by atoms with Crippen molar-refractivity contribution in [2.24, 2.45) is 0 Å². The maximum absolute atomic E-state index is 12.6. The quantitative estimate of drug-likeness (QED) is 0.519. The summed E-state index contributed by atoms with van der Waals surface area (Å²) in [6.45, 7) is 5.66. The lowest BCUT2D eigenvalue weighted by Gasteiger charge is -2.44. The highest BCUT2D eigenvalue weighted by atomic mass is 35.5. The molecule has 1 aliphatic heterocycles. The summed E-state index contributed by atoms with van der Waals surface area (Å²) in [5, 5.41) is 2.69. The molecule has 2 aromatic rings. The van der Waals surface area contributed by atoms with Gasteiger partial charge in [0.2, 0.25) is 15.9 Å². The van der Waals surface area contributed by atoms with E-state index in [1.54, 1.807) is 36.2 Å². The van der Waals surface area contributed by atoms with Crippen LogP contribution in [0, 0.1) is 0 Å². The average molecular weight is 478 g/mol. The fraction of sp³-hybridized carbons (Fsp3) is 0.333. The molecule has 11 heteroatoms. The van der Waals surface area contributed by atoms with E-state index in [9.17, 15) is 18.0 Å². The molecule has 0 spiro atoms. The van der Waals surface area contributed by atoms with Crippen molar-refractivity contribution in [1.82, 2.24) is 24.5 Å². The molecular weight excluding hydrogens is 454 g/mol. The number of carbonyl (C=O) groups excluding carboxylic acids is 2. The van der Waals surface area contributed by atoms with Crippen LogP contribution in [0.4, 0.5) is 0 Å². The van der Waals surface area contributed by atoms with Crippen molar-refractivity contribution >= 4 is 33.4 Å². The Bertz CT molecular complexity index is 1170. The second kappa shape index (κ2) is 9.35.